The van der Waals surface area contributed by atoms with Gasteiger partial charge in [-0.15, -0.1) is 0 Å². The Kier molecular flexibility index (Phi) is 7.19. The van der Waals surface area contributed by atoms with E-state index in [-0.39, 0.29) is 11.7 Å². The molecule has 2 atom stereocenters. The number of hydrogen-bond acceptors (Lipinski definition) is 8. The third-order valence-corrected chi connectivity index (χ3v) is 5.63. The smallest absolute Gasteiger partial charge is 0.272 e. The van der Waals surface area contributed by atoms with E-state index >= 15 is 0 Å². The average Bonchev–Trinajstić information content (AvgIpc) is 3.29. The highest BCUT2D eigenvalue weighted by Crippen LogP contribution is 2.20. The molecule has 1 aliphatic rings. The quantitative estimate of drug-likeness (QED) is 0.383. The Balaban J connectivity index is 1.51. The molecule has 4 rings (SSSR count). The third-order valence-electron chi connectivity index (χ3n) is 5.40. The number of carbonyl (C=O) groups excluding carboxylic acids is 1. The van der Waals surface area contributed by atoms with Gasteiger partial charge in [0.2, 0.25) is 5.95 Å². The highest BCUT2D eigenvalue weighted by atomic mass is 35.5. The van der Waals surface area contributed by atoms with Gasteiger partial charge in [-0.1, -0.05) is 23.7 Å². The zero-order valence-electron chi connectivity index (χ0n) is 18.1. The van der Waals surface area contributed by atoms with Gasteiger partial charge in [0, 0.05) is 42.2 Å². The summed E-state index contributed by atoms with van der Waals surface area (Å²) in [5.74, 6) is 0.626. The molecule has 0 bridgehead atoms. The fourth-order valence-electron chi connectivity index (χ4n) is 3.63. The molecular weight excluding hydrogens is 446 g/mol. The average molecular weight is 472 g/mol. The molecule has 1 amide bonds. The van der Waals surface area contributed by atoms with Gasteiger partial charge in [0.1, 0.15) is 24.1 Å². The zero-order valence-corrected chi connectivity index (χ0v) is 18.9. The first kappa shape index (κ1) is 23.1. The Morgan fingerprint density at radius 1 is 1.33 bits per heavy atom. The van der Waals surface area contributed by atoms with Gasteiger partial charge in [-0.25, -0.2) is 9.97 Å². The fraction of sp³-hybridized carbons (Fsp3) is 0.364. The molecule has 1 fully saturated rings. The SMILES string of the molecule is Cc1cnc(NC2CCOCC2)nc1-n1cnc(C(=O)N[C@@H](c2cccc(Cl)c2)[C@@H](N)O)c1. The minimum atomic E-state index is -1.32. The molecule has 3 aromatic rings. The molecule has 0 aliphatic carbocycles. The van der Waals surface area contributed by atoms with Crippen molar-refractivity contribution in [2.45, 2.75) is 38.1 Å². The molecule has 1 aliphatic heterocycles. The standard InChI is InChI=1S/C22H26ClN7O3/c1-13-10-25-22(27-16-5-7-33-8-6-16)29-20(13)30-11-17(26-12-30)21(32)28-18(19(24)31)14-3-2-4-15(23)9-14/h2-4,9-12,16,18-19,31H,5-8,24H2,1H3,(H,28,32)(H,25,27,29)/t18-,19-/m0/s1. The third kappa shape index (κ3) is 5.66. The van der Waals surface area contributed by atoms with Gasteiger partial charge in [-0.05, 0) is 37.5 Å². The van der Waals surface area contributed by atoms with E-state index < -0.39 is 18.2 Å². The van der Waals surface area contributed by atoms with Crippen LogP contribution >= 0.6 is 11.6 Å². The predicted octanol–water partition coefficient (Wildman–Crippen LogP) is 1.96. The number of aliphatic hydroxyl groups is 1. The van der Waals surface area contributed by atoms with Crippen LogP contribution in [-0.2, 0) is 4.74 Å². The predicted molar refractivity (Wildman–Crippen MR) is 123 cm³/mol. The second-order valence-corrected chi connectivity index (χ2v) is 8.33. The van der Waals surface area contributed by atoms with Gasteiger partial charge in [0.25, 0.3) is 5.91 Å². The molecule has 5 N–H and O–H groups in total. The van der Waals surface area contributed by atoms with E-state index in [1.165, 1.54) is 6.33 Å². The van der Waals surface area contributed by atoms with Crippen LogP contribution in [0.2, 0.25) is 5.02 Å². The Bertz CT molecular complexity index is 1110. The van der Waals surface area contributed by atoms with Crippen LogP contribution in [0.15, 0.2) is 43.0 Å². The monoisotopic (exact) mass is 471 g/mol. The van der Waals surface area contributed by atoms with Crippen molar-refractivity contribution >= 4 is 23.5 Å². The fourth-order valence-corrected chi connectivity index (χ4v) is 3.82. The number of aromatic nitrogens is 4. The second-order valence-electron chi connectivity index (χ2n) is 7.89. The lowest BCUT2D eigenvalue weighted by Crippen LogP contribution is -2.40. The Morgan fingerprint density at radius 2 is 2.12 bits per heavy atom. The van der Waals surface area contributed by atoms with Crippen LogP contribution in [0, 0.1) is 6.92 Å². The number of hydrogen-bond donors (Lipinski definition) is 4. The number of halogens is 1. The van der Waals surface area contributed by atoms with Crippen LogP contribution in [-0.4, -0.2) is 56.0 Å². The molecule has 11 heteroatoms. The van der Waals surface area contributed by atoms with E-state index in [9.17, 15) is 9.90 Å². The highest BCUT2D eigenvalue weighted by molar-refractivity contribution is 6.30. The summed E-state index contributed by atoms with van der Waals surface area (Å²) in [5.41, 5.74) is 7.26. The molecular formula is C22H26ClN7O3. The van der Waals surface area contributed by atoms with Crippen molar-refractivity contribution in [1.29, 1.82) is 0 Å². The molecule has 3 heterocycles. The summed E-state index contributed by atoms with van der Waals surface area (Å²) in [6.07, 6.45) is 5.27. The Hall–Kier alpha value is -3.05. The van der Waals surface area contributed by atoms with Gasteiger partial charge in [-0.2, -0.15) is 4.98 Å². The van der Waals surface area contributed by atoms with Crippen molar-refractivity contribution in [3.05, 3.63) is 64.8 Å². The first-order valence-electron chi connectivity index (χ1n) is 10.6. The van der Waals surface area contributed by atoms with Gasteiger partial charge in [0.05, 0.1) is 6.04 Å². The number of rotatable bonds is 7. The number of imidazole rings is 1. The summed E-state index contributed by atoms with van der Waals surface area (Å²) in [6.45, 7) is 3.31. The van der Waals surface area contributed by atoms with E-state index in [1.54, 1.807) is 41.2 Å². The lowest BCUT2D eigenvalue weighted by Gasteiger charge is -2.23. The van der Waals surface area contributed by atoms with E-state index in [0.29, 0.717) is 35.6 Å². The molecule has 174 valence electrons. The van der Waals surface area contributed by atoms with Crippen molar-refractivity contribution < 1.29 is 14.6 Å². The molecule has 0 saturated carbocycles. The minimum Gasteiger partial charge on any atom is -0.381 e. The Morgan fingerprint density at radius 3 is 2.85 bits per heavy atom. The van der Waals surface area contributed by atoms with E-state index in [4.69, 9.17) is 22.1 Å². The molecule has 1 saturated heterocycles. The maximum Gasteiger partial charge on any atom is 0.272 e. The summed E-state index contributed by atoms with van der Waals surface area (Å²) in [6, 6.07) is 6.18. The second kappa shape index (κ2) is 10.3. The first-order chi connectivity index (χ1) is 15.9. The van der Waals surface area contributed by atoms with Gasteiger partial charge in [0.15, 0.2) is 0 Å². The molecule has 33 heavy (non-hydrogen) atoms. The van der Waals surface area contributed by atoms with Crippen LogP contribution in [0.25, 0.3) is 5.82 Å². The van der Waals surface area contributed by atoms with E-state index in [2.05, 4.69) is 25.6 Å². The van der Waals surface area contributed by atoms with Crippen LogP contribution in [0.3, 0.4) is 0 Å². The summed E-state index contributed by atoms with van der Waals surface area (Å²) in [5, 5.41) is 16.5. The Labute approximate surface area is 196 Å². The number of benzene rings is 1. The number of aliphatic hydroxyl groups excluding tert-OH is 1. The topological polar surface area (TPSA) is 140 Å². The minimum absolute atomic E-state index is 0.152. The summed E-state index contributed by atoms with van der Waals surface area (Å²) >= 11 is 6.03. The first-order valence-corrected chi connectivity index (χ1v) is 11.0. The highest BCUT2D eigenvalue weighted by Gasteiger charge is 2.23. The number of carbonyl (C=O) groups is 1. The van der Waals surface area contributed by atoms with Crippen molar-refractivity contribution in [3.8, 4) is 5.82 Å². The van der Waals surface area contributed by atoms with Crippen LogP contribution in [0.5, 0.6) is 0 Å². The lowest BCUT2D eigenvalue weighted by molar-refractivity contribution is 0.0837. The van der Waals surface area contributed by atoms with E-state index in [1.807, 2.05) is 6.92 Å². The number of nitrogens with one attached hydrogen (secondary N) is 2. The number of amides is 1. The molecule has 2 aromatic heterocycles. The summed E-state index contributed by atoms with van der Waals surface area (Å²) in [7, 11) is 0. The molecule has 0 unspecified atom stereocenters. The number of nitrogens with zero attached hydrogens (tertiary/aromatic N) is 4. The lowest BCUT2D eigenvalue weighted by atomic mass is 10.1. The summed E-state index contributed by atoms with van der Waals surface area (Å²) < 4.78 is 7.05. The maximum absolute atomic E-state index is 12.8. The van der Waals surface area contributed by atoms with Crippen molar-refractivity contribution in [2.75, 3.05) is 18.5 Å². The molecule has 0 spiro atoms. The van der Waals surface area contributed by atoms with E-state index in [0.717, 1.165) is 18.4 Å². The summed E-state index contributed by atoms with van der Waals surface area (Å²) in [4.78, 5) is 26.0. The van der Waals surface area contributed by atoms with Crippen LogP contribution in [0.1, 0.15) is 40.5 Å². The van der Waals surface area contributed by atoms with Crippen LogP contribution < -0.4 is 16.4 Å². The van der Waals surface area contributed by atoms with Crippen molar-refractivity contribution in [2.24, 2.45) is 5.73 Å². The normalized spacial score (nSPS) is 16.2. The van der Waals surface area contributed by atoms with Gasteiger partial charge < -0.3 is 26.2 Å². The molecule has 1 aromatic carbocycles. The number of nitrogens with two attached hydrogens (primary N) is 1. The number of aryl methyl sites for hydroxylation is 1. The maximum atomic E-state index is 12.8. The zero-order chi connectivity index (χ0) is 23.4. The van der Waals surface area contributed by atoms with Crippen molar-refractivity contribution in [1.82, 2.24) is 24.8 Å². The molecule has 10 nitrogen and oxygen atoms in total. The largest absolute Gasteiger partial charge is 0.381 e. The van der Waals surface area contributed by atoms with Gasteiger partial charge >= 0.3 is 0 Å². The van der Waals surface area contributed by atoms with Crippen molar-refractivity contribution in [3.63, 3.8) is 0 Å². The molecule has 0 radical (unpaired) electrons. The number of anilines is 1. The van der Waals surface area contributed by atoms with Crippen LogP contribution in [0.4, 0.5) is 5.95 Å². The number of ether oxygens (including phenoxy) is 1. The van der Waals surface area contributed by atoms with Gasteiger partial charge in [-0.3, -0.25) is 9.36 Å².